The van der Waals surface area contributed by atoms with Crippen LogP contribution in [-0.2, 0) is 65.4 Å². The van der Waals surface area contributed by atoms with Crippen molar-refractivity contribution in [3.8, 4) is 0 Å². The molecule has 3 N–H and O–H groups in total. The van der Waals surface area contributed by atoms with E-state index in [-0.39, 0.29) is 25.7 Å². The molecule has 0 fully saturated rings. The molecule has 0 amide bonds. The summed E-state index contributed by atoms with van der Waals surface area (Å²) >= 11 is 0. The molecule has 0 aromatic rings. The Hall–Kier alpha value is -1.94. The maximum Gasteiger partial charge on any atom is 0.472 e. The zero-order valence-corrected chi connectivity index (χ0v) is 70.0. The van der Waals surface area contributed by atoms with Gasteiger partial charge in [-0.2, -0.15) is 0 Å². The van der Waals surface area contributed by atoms with Crippen LogP contribution in [0.2, 0.25) is 0 Å². The van der Waals surface area contributed by atoms with Crippen LogP contribution in [-0.4, -0.2) is 96.7 Å². The van der Waals surface area contributed by atoms with Gasteiger partial charge in [0.1, 0.15) is 19.3 Å². The minimum absolute atomic E-state index is 0.108. The molecule has 0 radical (unpaired) electrons. The molecule has 104 heavy (non-hydrogen) atoms. The van der Waals surface area contributed by atoms with Gasteiger partial charge < -0.3 is 33.8 Å². The highest BCUT2D eigenvalue weighted by atomic mass is 31.2. The fraction of sp³-hybridized carbons (Fsp3) is 0.953. The number of ether oxygens (including phenoxy) is 4. The number of unbranched alkanes of at least 4 members (excludes halogenated alkanes) is 57. The van der Waals surface area contributed by atoms with Crippen LogP contribution in [0.3, 0.4) is 0 Å². The predicted octanol–water partition coefficient (Wildman–Crippen LogP) is 26.0. The predicted molar refractivity (Wildman–Crippen MR) is 428 cm³/mol. The van der Waals surface area contributed by atoms with E-state index in [4.69, 9.17) is 37.0 Å². The molecule has 19 heteroatoms. The summed E-state index contributed by atoms with van der Waals surface area (Å²) in [7, 11) is -9.92. The number of carbonyl (C=O) groups is 4. The molecule has 5 atom stereocenters. The summed E-state index contributed by atoms with van der Waals surface area (Å²) in [4.78, 5) is 73.2. The van der Waals surface area contributed by atoms with E-state index in [9.17, 15) is 43.2 Å². The van der Waals surface area contributed by atoms with E-state index in [1.165, 1.54) is 276 Å². The van der Waals surface area contributed by atoms with Crippen molar-refractivity contribution in [1.29, 1.82) is 0 Å². The number of aliphatic hydroxyl groups is 1. The number of hydrogen-bond acceptors (Lipinski definition) is 15. The summed E-state index contributed by atoms with van der Waals surface area (Å²) in [6.45, 7) is 7.30. The molecule has 618 valence electrons. The van der Waals surface area contributed by atoms with Gasteiger partial charge in [-0.05, 0) is 31.6 Å². The zero-order chi connectivity index (χ0) is 76.2. The summed E-state index contributed by atoms with van der Waals surface area (Å²) in [5.41, 5.74) is 0. The first-order chi connectivity index (χ1) is 50.5. The fourth-order valence-electron chi connectivity index (χ4n) is 13.3. The first kappa shape index (κ1) is 102. The lowest BCUT2D eigenvalue weighted by atomic mass is 10.0. The third-order valence-electron chi connectivity index (χ3n) is 20.0. The van der Waals surface area contributed by atoms with E-state index >= 15 is 0 Å². The normalized spacial score (nSPS) is 13.8. The Labute approximate surface area is 638 Å². The van der Waals surface area contributed by atoms with Crippen molar-refractivity contribution in [1.82, 2.24) is 0 Å². The van der Waals surface area contributed by atoms with Crippen LogP contribution in [0.15, 0.2) is 0 Å². The molecule has 0 bridgehead atoms. The third-order valence-corrected chi connectivity index (χ3v) is 21.9. The quantitative estimate of drug-likeness (QED) is 0.0222. The molecule has 2 unspecified atom stereocenters. The number of hydrogen-bond donors (Lipinski definition) is 3. The smallest absolute Gasteiger partial charge is 0.462 e. The van der Waals surface area contributed by atoms with Crippen molar-refractivity contribution < 1.29 is 80.2 Å². The van der Waals surface area contributed by atoms with Crippen LogP contribution < -0.4 is 0 Å². The minimum Gasteiger partial charge on any atom is -0.462 e. The zero-order valence-electron chi connectivity index (χ0n) is 68.2. The van der Waals surface area contributed by atoms with Gasteiger partial charge in [0.05, 0.1) is 26.4 Å². The Morgan fingerprint density at radius 3 is 0.654 bits per heavy atom. The second-order valence-electron chi connectivity index (χ2n) is 31.1. The van der Waals surface area contributed by atoms with Crippen LogP contribution >= 0.6 is 15.6 Å². The lowest BCUT2D eigenvalue weighted by molar-refractivity contribution is -0.161. The van der Waals surface area contributed by atoms with Gasteiger partial charge in [0.25, 0.3) is 0 Å². The highest BCUT2D eigenvalue weighted by Gasteiger charge is 2.30. The lowest BCUT2D eigenvalue weighted by Crippen LogP contribution is -2.30. The number of esters is 4. The van der Waals surface area contributed by atoms with Crippen molar-refractivity contribution in [3.05, 3.63) is 0 Å². The summed E-state index contributed by atoms with van der Waals surface area (Å²) in [6.07, 6.45) is 70.9. The highest BCUT2D eigenvalue weighted by Crippen LogP contribution is 2.45. The first-order valence-electron chi connectivity index (χ1n) is 44.1. The Morgan fingerprint density at radius 2 is 0.442 bits per heavy atom. The molecule has 0 aromatic heterocycles. The summed E-state index contributed by atoms with van der Waals surface area (Å²) in [6, 6.07) is 0. The Bertz CT molecular complexity index is 1980. The van der Waals surface area contributed by atoms with Gasteiger partial charge in [-0.25, -0.2) is 9.13 Å². The topological polar surface area (TPSA) is 237 Å². The maximum absolute atomic E-state index is 13.1. The van der Waals surface area contributed by atoms with Crippen molar-refractivity contribution in [3.63, 3.8) is 0 Å². The Kier molecular flexibility index (Phi) is 76.3. The standard InChI is InChI=1S/C85H166O17P2/c1-6-9-12-15-18-21-24-27-30-33-34-35-36-38-41-44-47-50-55-61-66-70-84(89)101-80(74-95-82(87)68-63-58-53-48-45-42-40-37-31-28-25-22-19-16-13-10-7-2)76-99-103(91,92)97-72-79(86)73-98-104(93,94)100-77-81(75-96-83(88)69-64-59-56-51-52-57-62-67-78(4)5)102-85(90)71-65-60-54-49-46-43-39-32-29-26-23-20-17-14-11-8-3/h78-81,86H,6-77H2,1-5H3,(H,91,92)(H,93,94)/t79-,80-,81-/m1/s1. The van der Waals surface area contributed by atoms with Crippen LogP contribution in [0.5, 0.6) is 0 Å². The van der Waals surface area contributed by atoms with Gasteiger partial charge in [-0.1, -0.05) is 407 Å². The number of phosphoric ester groups is 2. The summed E-state index contributed by atoms with van der Waals surface area (Å²) in [5.74, 6) is -1.40. The molecule has 0 saturated carbocycles. The van der Waals surface area contributed by atoms with Crippen LogP contribution in [0, 0.1) is 5.92 Å². The fourth-order valence-corrected chi connectivity index (χ4v) is 14.9. The van der Waals surface area contributed by atoms with E-state index in [1.807, 2.05) is 0 Å². The minimum atomic E-state index is -4.96. The van der Waals surface area contributed by atoms with Crippen LogP contribution in [0.25, 0.3) is 0 Å². The molecule has 0 aromatic carbocycles. The van der Waals surface area contributed by atoms with Crippen LogP contribution in [0.4, 0.5) is 0 Å². The molecular weight excluding hydrogens is 1350 g/mol. The molecular formula is C85H166O17P2. The van der Waals surface area contributed by atoms with Gasteiger partial charge in [-0.15, -0.1) is 0 Å². The van der Waals surface area contributed by atoms with E-state index in [0.29, 0.717) is 31.6 Å². The van der Waals surface area contributed by atoms with Crippen molar-refractivity contribution in [2.24, 2.45) is 5.92 Å². The molecule has 0 aliphatic heterocycles. The van der Waals surface area contributed by atoms with Gasteiger partial charge in [0.2, 0.25) is 0 Å². The van der Waals surface area contributed by atoms with Crippen molar-refractivity contribution >= 4 is 39.5 Å². The average Bonchev–Trinajstić information content (AvgIpc) is 0.907. The average molecular weight is 1520 g/mol. The molecule has 0 aliphatic carbocycles. The Balaban J connectivity index is 5.22. The van der Waals surface area contributed by atoms with Gasteiger partial charge in [0, 0.05) is 25.7 Å². The largest absolute Gasteiger partial charge is 0.472 e. The van der Waals surface area contributed by atoms with E-state index in [2.05, 4.69) is 34.6 Å². The third kappa shape index (κ3) is 78.2. The SMILES string of the molecule is CCCCCCCCCCCCCCCCCCCCCCCC(=O)O[C@H](COC(=O)CCCCCCCCCCCCCCCCCCC)COP(=O)(O)OC[C@@H](O)COP(=O)(O)OC[C@@H](COC(=O)CCCCCCCCCC(C)C)OC(=O)CCCCCCCCCCCCCCCCCC. The van der Waals surface area contributed by atoms with Gasteiger partial charge in [-0.3, -0.25) is 37.3 Å². The second-order valence-corrected chi connectivity index (χ2v) is 34.0. The molecule has 17 nitrogen and oxygen atoms in total. The maximum atomic E-state index is 13.1. The first-order valence-corrected chi connectivity index (χ1v) is 47.1. The van der Waals surface area contributed by atoms with Gasteiger partial charge >= 0.3 is 39.5 Å². The molecule has 0 aliphatic rings. The molecule has 0 saturated heterocycles. The monoisotopic (exact) mass is 1520 g/mol. The highest BCUT2D eigenvalue weighted by molar-refractivity contribution is 7.47. The number of carbonyl (C=O) groups excluding carboxylic acids is 4. The summed E-state index contributed by atoms with van der Waals surface area (Å²) in [5, 5.41) is 10.7. The number of phosphoric acid groups is 2. The lowest BCUT2D eigenvalue weighted by Gasteiger charge is -2.21. The van der Waals surface area contributed by atoms with E-state index in [0.717, 1.165) is 96.3 Å². The second kappa shape index (κ2) is 77.8. The van der Waals surface area contributed by atoms with Crippen molar-refractivity contribution in [2.45, 2.75) is 477 Å². The molecule has 0 rings (SSSR count). The van der Waals surface area contributed by atoms with E-state index < -0.39 is 97.5 Å². The van der Waals surface area contributed by atoms with E-state index in [1.54, 1.807) is 0 Å². The number of aliphatic hydroxyl groups excluding tert-OH is 1. The van der Waals surface area contributed by atoms with Gasteiger partial charge in [0.15, 0.2) is 12.2 Å². The Morgan fingerprint density at radius 1 is 0.260 bits per heavy atom. The van der Waals surface area contributed by atoms with Crippen molar-refractivity contribution in [2.75, 3.05) is 39.6 Å². The molecule has 0 spiro atoms. The number of rotatable bonds is 85. The summed E-state index contributed by atoms with van der Waals surface area (Å²) < 4.78 is 68.9. The van der Waals surface area contributed by atoms with Crippen LogP contribution in [0.1, 0.15) is 458 Å². The molecule has 0 heterocycles.